The highest BCUT2D eigenvalue weighted by molar-refractivity contribution is 7.92. The normalized spacial score (nSPS) is 11.1. The molecule has 0 saturated heterocycles. The molecule has 9 nitrogen and oxygen atoms in total. The average molecular weight is 365 g/mol. The van der Waals surface area contributed by atoms with Gasteiger partial charge < -0.3 is 0 Å². The third-order valence-corrected chi connectivity index (χ3v) is 5.48. The summed E-state index contributed by atoms with van der Waals surface area (Å²) in [6.07, 6.45) is 0. The molecular weight excluding hydrogens is 350 g/mol. The lowest BCUT2D eigenvalue weighted by atomic mass is 10.2. The number of rotatable bonds is 6. The highest BCUT2D eigenvalue weighted by atomic mass is 32.2. The summed E-state index contributed by atoms with van der Waals surface area (Å²) in [7, 11) is -4.11. The molecule has 0 spiro atoms. The number of benzene rings is 2. The van der Waals surface area contributed by atoms with Crippen molar-refractivity contribution >= 4 is 27.1 Å². The fourth-order valence-electron chi connectivity index (χ4n) is 2.33. The summed E-state index contributed by atoms with van der Waals surface area (Å²) in [5.74, 6) is 0. The maximum absolute atomic E-state index is 12.9. The van der Waals surface area contributed by atoms with Crippen LogP contribution in [0, 0.1) is 27.2 Å². The molecule has 0 aliphatic rings. The van der Waals surface area contributed by atoms with Crippen molar-refractivity contribution in [2.24, 2.45) is 0 Å². The van der Waals surface area contributed by atoms with Crippen LogP contribution >= 0.6 is 0 Å². The Morgan fingerprint density at radius 2 is 1.72 bits per heavy atom. The predicted octanol–water partition coefficient (Wildman–Crippen LogP) is 3.03. The van der Waals surface area contributed by atoms with E-state index in [1.165, 1.54) is 37.3 Å². The van der Waals surface area contributed by atoms with Crippen molar-refractivity contribution < 1.29 is 18.3 Å². The molecule has 0 bridgehead atoms. The Bertz CT molecular complexity index is 942. The van der Waals surface area contributed by atoms with Crippen LogP contribution in [0.15, 0.2) is 47.4 Å². The van der Waals surface area contributed by atoms with E-state index in [-0.39, 0.29) is 28.5 Å². The molecule has 0 aromatic heterocycles. The van der Waals surface area contributed by atoms with Crippen LogP contribution in [-0.4, -0.2) is 24.8 Å². The Labute approximate surface area is 143 Å². The zero-order valence-corrected chi connectivity index (χ0v) is 14.3. The number of aryl methyl sites for hydroxylation is 1. The van der Waals surface area contributed by atoms with Gasteiger partial charge in [-0.05, 0) is 26.0 Å². The summed E-state index contributed by atoms with van der Waals surface area (Å²) < 4.78 is 26.7. The van der Waals surface area contributed by atoms with Gasteiger partial charge in [0.05, 0.1) is 20.4 Å². The molecule has 0 atom stereocenters. The lowest BCUT2D eigenvalue weighted by Crippen LogP contribution is -2.30. The molecule has 0 fully saturated rings. The summed E-state index contributed by atoms with van der Waals surface area (Å²) in [5, 5.41) is 22.0. The molecular formula is C15H15N3O6S. The van der Waals surface area contributed by atoms with Crippen LogP contribution in [0.5, 0.6) is 0 Å². The summed E-state index contributed by atoms with van der Waals surface area (Å²) in [4.78, 5) is 20.4. The Balaban J connectivity index is 2.56. The number of sulfonamides is 1. The number of anilines is 1. The number of nitro groups is 2. The highest BCUT2D eigenvalue weighted by Crippen LogP contribution is 2.29. The number of nitrogens with zero attached hydrogens (tertiary/aromatic N) is 3. The Morgan fingerprint density at radius 3 is 2.28 bits per heavy atom. The summed E-state index contributed by atoms with van der Waals surface area (Å²) in [6, 6.07) is 8.82. The van der Waals surface area contributed by atoms with Crippen molar-refractivity contribution in [1.82, 2.24) is 0 Å². The van der Waals surface area contributed by atoms with Gasteiger partial charge in [0, 0.05) is 30.3 Å². The molecule has 0 aliphatic heterocycles. The topological polar surface area (TPSA) is 124 Å². The van der Waals surface area contributed by atoms with Gasteiger partial charge in [0.15, 0.2) is 0 Å². The highest BCUT2D eigenvalue weighted by Gasteiger charge is 2.27. The first-order valence-electron chi connectivity index (χ1n) is 7.20. The molecule has 0 radical (unpaired) electrons. The van der Waals surface area contributed by atoms with Gasteiger partial charge in [-0.25, -0.2) is 8.42 Å². The number of hydrogen-bond donors (Lipinski definition) is 0. The van der Waals surface area contributed by atoms with Crippen LogP contribution in [0.2, 0.25) is 0 Å². The van der Waals surface area contributed by atoms with Crippen LogP contribution in [0.25, 0.3) is 0 Å². The van der Waals surface area contributed by atoms with Crippen LogP contribution in [0.3, 0.4) is 0 Å². The molecule has 0 unspecified atom stereocenters. The summed E-state index contributed by atoms with van der Waals surface area (Å²) in [5.41, 5.74) is -0.112. The van der Waals surface area contributed by atoms with Crippen molar-refractivity contribution in [1.29, 1.82) is 0 Å². The predicted molar refractivity (Wildman–Crippen MR) is 91.1 cm³/mol. The van der Waals surface area contributed by atoms with Gasteiger partial charge >= 0.3 is 0 Å². The fraction of sp³-hybridized carbons (Fsp3) is 0.200. The van der Waals surface area contributed by atoms with E-state index in [2.05, 4.69) is 0 Å². The molecule has 0 heterocycles. The monoisotopic (exact) mass is 365 g/mol. The molecule has 0 N–H and O–H groups in total. The molecule has 132 valence electrons. The lowest BCUT2D eigenvalue weighted by Gasteiger charge is -2.22. The molecule has 0 saturated carbocycles. The van der Waals surface area contributed by atoms with Gasteiger partial charge in [0.25, 0.3) is 21.4 Å². The van der Waals surface area contributed by atoms with Crippen molar-refractivity contribution in [3.63, 3.8) is 0 Å². The van der Waals surface area contributed by atoms with E-state index in [1.807, 2.05) is 0 Å². The van der Waals surface area contributed by atoms with Crippen LogP contribution in [0.1, 0.15) is 12.5 Å². The molecule has 10 heteroatoms. The second kappa shape index (κ2) is 6.85. The SMILES string of the molecule is CCN(c1cccc([N+](=O)[O-])c1)S(=O)(=O)c1ccc(C)c([N+](=O)[O-])c1. The Kier molecular flexibility index (Phi) is 5.02. The maximum Gasteiger partial charge on any atom is 0.273 e. The second-order valence-electron chi connectivity index (χ2n) is 5.15. The Hall–Kier alpha value is -3.01. The summed E-state index contributed by atoms with van der Waals surface area (Å²) in [6.45, 7) is 3.08. The smallest absolute Gasteiger partial charge is 0.266 e. The molecule has 25 heavy (non-hydrogen) atoms. The minimum Gasteiger partial charge on any atom is -0.266 e. The number of hydrogen-bond acceptors (Lipinski definition) is 6. The average Bonchev–Trinajstić information content (AvgIpc) is 2.55. The van der Waals surface area contributed by atoms with E-state index in [4.69, 9.17) is 0 Å². The quantitative estimate of drug-likeness (QED) is 0.572. The Morgan fingerprint density at radius 1 is 1.04 bits per heavy atom. The van der Waals surface area contributed by atoms with Crippen molar-refractivity contribution in [2.45, 2.75) is 18.7 Å². The lowest BCUT2D eigenvalue weighted by molar-refractivity contribution is -0.385. The first-order valence-corrected chi connectivity index (χ1v) is 8.64. The van der Waals surface area contributed by atoms with Crippen molar-refractivity contribution in [3.05, 3.63) is 68.3 Å². The molecule has 0 amide bonds. The first-order chi connectivity index (χ1) is 11.7. The van der Waals surface area contributed by atoms with Gasteiger partial charge in [0.1, 0.15) is 0 Å². The standard InChI is InChI=1S/C15H15N3O6S/c1-3-16(12-5-4-6-13(9-12)17(19)20)25(23,24)14-8-7-11(2)15(10-14)18(21)22/h4-10H,3H2,1-2H3. The zero-order chi connectivity index (χ0) is 18.8. The van der Waals surface area contributed by atoms with Gasteiger partial charge in [-0.3, -0.25) is 24.5 Å². The van der Waals surface area contributed by atoms with E-state index >= 15 is 0 Å². The van der Waals surface area contributed by atoms with Gasteiger partial charge in [-0.1, -0.05) is 12.1 Å². The van der Waals surface area contributed by atoms with Gasteiger partial charge in [0.2, 0.25) is 0 Å². The number of non-ortho nitro benzene ring substituents is 1. The molecule has 2 aromatic carbocycles. The van der Waals surface area contributed by atoms with E-state index in [1.54, 1.807) is 6.92 Å². The van der Waals surface area contributed by atoms with Crippen LogP contribution < -0.4 is 4.31 Å². The van der Waals surface area contributed by atoms with Gasteiger partial charge in [-0.15, -0.1) is 0 Å². The fourth-order valence-corrected chi connectivity index (χ4v) is 3.81. The largest absolute Gasteiger partial charge is 0.273 e. The minimum atomic E-state index is -4.11. The molecule has 0 aliphatic carbocycles. The van der Waals surface area contributed by atoms with Crippen molar-refractivity contribution in [3.8, 4) is 0 Å². The molecule has 2 aromatic rings. The van der Waals surface area contributed by atoms with E-state index in [0.29, 0.717) is 5.56 Å². The van der Waals surface area contributed by atoms with E-state index < -0.39 is 19.9 Å². The van der Waals surface area contributed by atoms with E-state index in [9.17, 15) is 28.6 Å². The maximum atomic E-state index is 12.9. The van der Waals surface area contributed by atoms with Gasteiger partial charge in [-0.2, -0.15) is 0 Å². The van der Waals surface area contributed by atoms with Crippen molar-refractivity contribution in [2.75, 3.05) is 10.8 Å². The third kappa shape index (κ3) is 3.58. The minimum absolute atomic E-state index is 0.00513. The van der Waals surface area contributed by atoms with Crippen LogP contribution in [-0.2, 0) is 10.0 Å². The zero-order valence-electron chi connectivity index (χ0n) is 13.4. The molecule has 2 rings (SSSR count). The second-order valence-corrected chi connectivity index (χ2v) is 7.01. The van der Waals surface area contributed by atoms with E-state index in [0.717, 1.165) is 16.4 Å². The number of nitro benzene ring substituents is 2. The third-order valence-electron chi connectivity index (χ3n) is 3.58. The summed E-state index contributed by atoms with van der Waals surface area (Å²) >= 11 is 0. The van der Waals surface area contributed by atoms with Crippen LogP contribution in [0.4, 0.5) is 17.1 Å². The first kappa shape index (κ1) is 18.3.